The Kier molecular flexibility index (Phi) is 7.02. The maximum Gasteiger partial charge on any atom is 0.252 e. The van der Waals surface area contributed by atoms with Crippen molar-refractivity contribution >= 4 is 37.5 Å². The fourth-order valence-corrected chi connectivity index (χ4v) is 6.76. The summed E-state index contributed by atoms with van der Waals surface area (Å²) in [6.45, 7) is 7.71. The van der Waals surface area contributed by atoms with Crippen LogP contribution in [0.3, 0.4) is 0 Å². The smallest absolute Gasteiger partial charge is 0.252 e. The number of aryl methyl sites for hydroxylation is 2. The molecule has 0 saturated carbocycles. The zero-order valence-electron chi connectivity index (χ0n) is 19.2. The van der Waals surface area contributed by atoms with Crippen LogP contribution < -0.4 is 9.54 Å². The molecule has 1 aliphatic rings. The van der Waals surface area contributed by atoms with Crippen LogP contribution in [0.15, 0.2) is 52.4 Å². The van der Waals surface area contributed by atoms with Crippen LogP contribution in [0.2, 0.25) is 0 Å². The number of sulfonamides is 1. The number of hydrogen-bond donors (Lipinski definition) is 0. The zero-order valence-corrected chi connectivity index (χ0v) is 20.8. The maximum absolute atomic E-state index is 13.1. The van der Waals surface area contributed by atoms with Gasteiger partial charge in [-0.25, -0.2) is 8.42 Å². The normalized spacial score (nSPS) is 18.0. The third-order valence-electron chi connectivity index (χ3n) is 5.88. The van der Waals surface area contributed by atoms with Gasteiger partial charge in [0.15, 0.2) is 4.80 Å². The largest absolute Gasteiger partial charge is 0.494 e. The summed E-state index contributed by atoms with van der Waals surface area (Å²) in [6, 6.07) is 12.7. The van der Waals surface area contributed by atoms with E-state index in [-0.39, 0.29) is 17.3 Å². The zero-order chi connectivity index (χ0) is 23.6. The highest BCUT2D eigenvalue weighted by atomic mass is 32.2. The number of ether oxygens (including phenoxy) is 1. The Morgan fingerprint density at radius 3 is 2.64 bits per heavy atom. The lowest BCUT2D eigenvalue weighted by Crippen LogP contribution is -2.42. The molecule has 1 fully saturated rings. The monoisotopic (exact) mass is 487 g/mol. The lowest BCUT2D eigenvalue weighted by molar-refractivity contribution is -0.122. The third-order valence-corrected chi connectivity index (χ3v) is 8.80. The fraction of sp³-hybridized carbons (Fsp3) is 0.417. The van der Waals surface area contributed by atoms with Gasteiger partial charge in [-0.3, -0.25) is 4.79 Å². The molecule has 1 aromatic heterocycles. The Hall–Kier alpha value is -2.49. The summed E-state index contributed by atoms with van der Waals surface area (Å²) in [6.07, 6.45) is 1.27. The molecule has 1 atom stereocenters. The van der Waals surface area contributed by atoms with E-state index in [2.05, 4.69) is 4.99 Å². The average Bonchev–Trinajstić information content (AvgIpc) is 3.15. The molecule has 0 bridgehead atoms. The van der Waals surface area contributed by atoms with Crippen molar-refractivity contribution in [2.24, 2.45) is 10.9 Å². The third kappa shape index (κ3) is 4.90. The Bertz CT molecular complexity index is 1320. The van der Waals surface area contributed by atoms with Gasteiger partial charge in [-0.2, -0.15) is 9.30 Å². The summed E-state index contributed by atoms with van der Waals surface area (Å²) in [4.78, 5) is 18.5. The lowest BCUT2D eigenvalue weighted by Gasteiger charge is -2.30. The van der Waals surface area contributed by atoms with Crippen molar-refractivity contribution in [2.75, 3.05) is 19.7 Å². The van der Waals surface area contributed by atoms with Crippen LogP contribution in [0.5, 0.6) is 5.75 Å². The fourth-order valence-electron chi connectivity index (χ4n) is 4.11. The highest BCUT2D eigenvalue weighted by molar-refractivity contribution is 7.89. The molecule has 4 rings (SSSR count). The molecule has 0 spiro atoms. The number of carbonyl (C=O) groups excluding carboxylic acids is 1. The minimum absolute atomic E-state index is 0.157. The first-order chi connectivity index (χ1) is 15.8. The Balaban J connectivity index is 1.60. The molecule has 0 radical (unpaired) electrons. The van der Waals surface area contributed by atoms with Crippen molar-refractivity contribution in [3.63, 3.8) is 0 Å². The summed E-state index contributed by atoms with van der Waals surface area (Å²) in [5, 5.41) is 0. The number of rotatable bonds is 6. The van der Waals surface area contributed by atoms with Gasteiger partial charge in [0, 0.05) is 19.6 Å². The Labute approximate surface area is 198 Å². The van der Waals surface area contributed by atoms with Gasteiger partial charge >= 0.3 is 0 Å². The van der Waals surface area contributed by atoms with Gasteiger partial charge in [0.05, 0.1) is 27.6 Å². The van der Waals surface area contributed by atoms with E-state index < -0.39 is 15.9 Å². The number of hydrogen-bond acceptors (Lipinski definition) is 5. The van der Waals surface area contributed by atoms with Gasteiger partial charge in [0.2, 0.25) is 10.0 Å². The molecule has 2 aromatic carbocycles. The van der Waals surface area contributed by atoms with E-state index in [4.69, 9.17) is 4.74 Å². The van der Waals surface area contributed by atoms with Gasteiger partial charge in [-0.1, -0.05) is 29.0 Å². The van der Waals surface area contributed by atoms with E-state index in [0.717, 1.165) is 21.5 Å². The van der Waals surface area contributed by atoms with Gasteiger partial charge in [0.1, 0.15) is 5.75 Å². The molecule has 7 nitrogen and oxygen atoms in total. The van der Waals surface area contributed by atoms with Gasteiger partial charge in [-0.05, 0) is 63.9 Å². The van der Waals surface area contributed by atoms with Crippen molar-refractivity contribution in [2.45, 2.75) is 45.1 Å². The van der Waals surface area contributed by atoms with Crippen LogP contribution in [-0.2, 0) is 21.4 Å². The number of fused-ring (bicyclic) bond motifs is 1. The highest BCUT2D eigenvalue weighted by Gasteiger charge is 2.33. The minimum atomic E-state index is -3.64. The summed E-state index contributed by atoms with van der Waals surface area (Å²) in [5.74, 6) is 0.0719. The molecule has 0 aliphatic carbocycles. The first-order valence-electron chi connectivity index (χ1n) is 11.2. The summed E-state index contributed by atoms with van der Waals surface area (Å²) in [7, 11) is -3.64. The molecule has 176 valence electrons. The summed E-state index contributed by atoms with van der Waals surface area (Å²) >= 11 is 1.45. The molecule has 3 aromatic rings. The quantitative estimate of drug-likeness (QED) is 0.527. The highest BCUT2D eigenvalue weighted by Crippen LogP contribution is 2.26. The van der Waals surface area contributed by atoms with Crippen LogP contribution in [0, 0.1) is 12.8 Å². The number of thiazole rings is 1. The Morgan fingerprint density at radius 1 is 1.18 bits per heavy atom. The molecule has 9 heteroatoms. The van der Waals surface area contributed by atoms with E-state index in [1.165, 1.54) is 15.6 Å². The van der Waals surface area contributed by atoms with Crippen molar-refractivity contribution in [1.29, 1.82) is 0 Å². The van der Waals surface area contributed by atoms with Gasteiger partial charge < -0.3 is 9.30 Å². The van der Waals surface area contributed by atoms with Crippen molar-refractivity contribution < 1.29 is 17.9 Å². The molecule has 0 N–H and O–H groups in total. The van der Waals surface area contributed by atoms with E-state index in [0.29, 0.717) is 37.3 Å². The van der Waals surface area contributed by atoms with Gasteiger partial charge in [0.25, 0.3) is 5.91 Å². The van der Waals surface area contributed by atoms with Crippen LogP contribution in [0.25, 0.3) is 10.2 Å². The second-order valence-electron chi connectivity index (χ2n) is 8.16. The molecule has 1 saturated heterocycles. The average molecular weight is 488 g/mol. The van der Waals surface area contributed by atoms with Crippen LogP contribution in [0.4, 0.5) is 0 Å². The predicted molar refractivity (Wildman–Crippen MR) is 130 cm³/mol. The van der Waals surface area contributed by atoms with Crippen molar-refractivity contribution in [1.82, 2.24) is 8.87 Å². The number of aromatic nitrogens is 1. The van der Waals surface area contributed by atoms with E-state index in [1.54, 1.807) is 24.3 Å². The number of benzene rings is 2. The molecular formula is C24H29N3O4S2. The number of nitrogens with zero attached hydrogens (tertiary/aromatic N) is 3. The molecule has 1 amide bonds. The second kappa shape index (κ2) is 9.79. The van der Waals surface area contributed by atoms with Crippen molar-refractivity contribution in [3.8, 4) is 5.75 Å². The minimum Gasteiger partial charge on any atom is -0.494 e. The molecule has 1 unspecified atom stereocenters. The predicted octanol–water partition coefficient (Wildman–Crippen LogP) is 3.96. The van der Waals surface area contributed by atoms with Gasteiger partial charge in [-0.15, -0.1) is 0 Å². The van der Waals surface area contributed by atoms with E-state index in [9.17, 15) is 13.2 Å². The SMILES string of the molecule is CCOc1ccc2c(c1)sc(=NC(=O)C1CCCN(S(=O)(=O)c3ccc(C)cc3)C1)n2CC. The Morgan fingerprint density at radius 2 is 1.94 bits per heavy atom. The summed E-state index contributed by atoms with van der Waals surface area (Å²) < 4.78 is 36.2. The van der Waals surface area contributed by atoms with E-state index in [1.807, 2.05) is 43.5 Å². The van der Waals surface area contributed by atoms with Crippen LogP contribution in [-0.4, -0.2) is 42.9 Å². The van der Waals surface area contributed by atoms with E-state index >= 15 is 0 Å². The van der Waals surface area contributed by atoms with Crippen molar-refractivity contribution in [3.05, 3.63) is 52.8 Å². The standard InChI is InChI=1S/C24H29N3O4S2/c1-4-27-21-13-10-19(31-5-2)15-22(21)32-24(27)25-23(28)18-7-6-14-26(16-18)33(29,30)20-11-8-17(3)9-12-20/h8-13,15,18H,4-7,14,16H2,1-3H3. The topological polar surface area (TPSA) is 81.0 Å². The number of carbonyl (C=O) groups is 1. The molecular weight excluding hydrogens is 458 g/mol. The molecule has 1 aliphatic heterocycles. The lowest BCUT2D eigenvalue weighted by atomic mass is 9.99. The molecule has 2 heterocycles. The number of amides is 1. The maximum atomic E-state index is 13.1. The first kappa shape index (κ1) is 23.7. The van der Waals surface area contributed by atoms with Crippen LogP contribution >= 0.6 is 11.3 Å². The van der Waals surface area contributed by atoms with Crippen LogP contribution in [0.1, 0.15) is 32.3 Å². The first-order valence-corrected chi connectivity index (χ1v) is 13.5. The second-order valence-corrected chi connectivity index (χ2v) is 11.1. The summed E-state index contributed by atoms with van der Waals surface area (Å²) in [5.41, 5.74) is 2.00. The number of piperidine rings is 1. The molecule has 33 heavy (non-hydrogen) atoms.